The summed E-state index contributed by atoms with van der Waals surface area (Å²) in [6, 6.07) is 10.0. The van der Waals surface area contributed by atoms with Crippen molar-refractivity contribution in [1.82, 2.24) is 0 Å². The summed E-state index contributed by atoms with van der Waals surface area (Å²) in [5.74, 6) is -3.72. The molecule has 1 aliphatic rings. The zero-order valence-corrected chi connectivity index (χ0v) is 15.2. The highest BCUT2D eigenvalue weighted by molar-refractivity contribution is 6.08. The summed E-state index contributed by atoms with van der Waals surface area (Å²) in [5.41, 5.74) is -0.152. The predicted octanol–water partition coefficient (Wildman–Crippen LogP) is 4.64. The van der Waals surface area contributed by atoms with Gasteiger partial charge in [0.1, 0.15) is 23.0 Å². The molecule has 0 saturated carbocycles. The molecular weight excluding hydrogens is 401 g/mol. The lowest BCUT2D eigenvalue weighted by atomic mass is 9.81. The molecule has 4 rings (SSSR count). The van der Waals surface area contributed by atoms with Crippen molar-refractivity contribution in [2.45, 2.75) is 18.0 Å². The lowest BCUT2D eigenvalue weighted by Crippen LogP contribution is -2.14. The number of benzene rings is 3. The summed E-state index contributed by atoms with van der Waals surface area (Å²) in [6.45, 7) is 0. The second kappa shape index (κ2) is 6.69. The molecule has 0 aromatic heterocycles. The first-order valence-corrected chi connectivity index (χ1v) is 8.86. The van der Waals surface area contributed by atoms with Crippen LogP contribution in [-0.2, 0) is 6.18 Å². The number of hydrogen-bond donors (Lipinski definition) is 4. The minimum absolute atomic E-state index is 0.0187. The summed E-state index contributed by atoms with van der Waals surface area (Å²) in [7, 11) is 0. The first-order valence-electron chi connectivity index (χ1n) is 8.86. The van der Waals surface area contributed by atoms with Gasteiger partial charge >= 0.3 is 6.18 Å². The van der Waals surface area contributed by atoms with E-state index in [0.29, 0.717) is 0 Å². The van der Waals surface area contributed by atoms with Crippen LogP contribution in [0, 0.1) is 0 Å². The Hall–Kier alpha value is -3.68. The van der Waals surface area contributed by atoms with Crippen molar-refractivity contribution in [3.05, 3.63) is 82.4 Å². The lowest BCUT2D eigenvalue weighted by molar-refractivity contribution is -0.137. The average molecular weight is 416 g/mol. The Morgan fingerprint density at radius 3 is 1.83 bits per heavy atom. The van der Waals surface area contributed by atoms with Crippen molar-refractivity contribution < 1.29 is 38.4 Å². The number of fused-ring (bicyclic) bond motifs is 1. The lowest BCUT2D eigenvalue weighted by Gasteiger charge is -2.22. The number of aromatic hydroxyl groups is 4. The Morgan fingerprint density at radius 2 is 1.27 bits per heavy atom. The van der Waals surface area contributed by atoms with Gasteiger partial charge in [0.05, 0.1) is 11.5 Å². The predicted molar refractivity (Wildman–Crippen MR) is 99.9 cm³/mol. The third-order valence-electron chi connectivity index (χ3n) is 5.22. The van der Waals surface area contributed by atoms with Gasteiger partial charge in [0.2, 0.25) is 0 Å². The van der Waals surface area contributed by atoms with Gasteiger partial charge in [-0.2, -0.15) is 13.2 Å². The Kier molecular flexibility index (Phi) is 4.38. The molecule has 0 radical (unpaired) electrons. The van der Waals surface area contributed by atoms with E-state index in [1.807, 2.05) is 0 Å². The van der Waals surface area contributed by atoms with Crippen molar-refractivity contribution in [2.75, 3.05) is 0 Å². The molecule has 1 aliphatic carbocycles. The molecule has 0 fully saturated rings. The number of halogens is 3. The van der Waals surface area contributed by atoms with Crippen LogP contribution in [0.25, 0.3) is 0 Å². The number of rotatable bonds is 2. The molecule has 8 heteroatoms. The molecule has 0 amide bonds. The molecule has 0 unspecified atom stereocenters. The van der Waals surface area contributed by atoms with E-state index in [1.54, 1.807) is 0 Å². The molecule has 0 heterocycles. The van der Waals surface area contributed by atoms with E-state index in [9.17, 15) is 38.4 Å². The third-order valence-corrected chi connectivity index (χ3v) is 5.22. The number of phenols is 4. The van der Waals surface area contributed by atoms with Crippen LogP contribution in [0.5, 0.6) is 23.0 Å². The smallest absolute Gasteiger partial charge is 0.416 e. The zero-order valence-electron chi connectivity index (χ0n) is 15.2. The van der Waals surface area contributed by atoms with Crippen LogP contribution >= 0.6 is 0 Å². The summed E-state index contributed by atoms with van der Waals surface area (Å²) >= 11 is 0. The van der Waals surface area contributed by atoms with Gasteiger partial charge in [0.15, 0.2) is 5.78 Å². The number of carbonyl (C=O) groups is 1. The van der Waals surface area contributed by atoms with Crippen LogP contribution in [-0.4, -0.2) is 26.2 Å². The van der Waals surface area contributed by atoms with Gasteiger partial charge in [-0.05, 0) is 41.5 Å². The molecule has 30 heavy (non-hydrogen) atoms. The van der Waals surface area contributed by atoms with Crippen molar-refractivity contribution in [3.63, 3.8) is 0 Å². The van der Waals surface area contributed by atoms with E-state index in [1.165, 1.54) is 30.3 Å². The van der Waals surface area contributed by atoms with E-state index in [0.717, 1.165) is 24.3 Å². The molecular formula is C22H15F3O5. The summed E-state index contributed by atoms with van der Waals surface area (Å²) in [6.07, 6.45) is -4.54. The van der Waals surface area contributed by atoms with Gasteiger partial charge in [-0.15, -0.1) is 0 Å². The quantitative estimate of drug-likeness (QED) is 0.488. The normalized spacial score (nSPS) is 18.4. The van der Waals surface area contributed by atoms with Crippen LogP contribution in [0.3, 0.4) is 0 Å². The van der Waals surface area contributed by atoms with Crippen molar-refractivity contribution >= 4 is 5.78 Å². The molecule has 154 valence electrons. The zero-order chi connectivity index (χ0) is 21.8. The number of Topliss-reactive ketones (excluding diaryl/α,β-unsaturated/α-hetero) is 1. The Balaban J connectivity index is 1.92. The van der Waals surface area contributed by atoms with Gasteiger partial charge in [-0.1, -0.05) is 12.1 Å². The van der Waals surface area contributed by atoms with Gasteiger partial charge in [-0.3, -0.25) is 4.79 Å². The molecule has 0 saturated heterocycles. The number of alkyl halides is 3. The van der Waals surface area contributed by atoms with Crippen molar-refractivity contribution in [1.29, 1.82) is 0 Å². The Morgan fingerprint density at radius 1 is 0.700 bits per heavy atom. The van der Waals surface area contributed by atoms with E-state index in [4.69, 9.17) is 0 Å². The summed E-state index contributed by atoms with van der Waals surface area (Å²) < 4.78 is 38.8. The molecule has 2 atom stereocenters. The van der Waals surface area contributed by atoms with Gasteiger partial charge in [-0.25, -0.2) is 0 Å². The average Bonchev–Trinajstić information content (AvgIpc) is 2.93. The van der Waals surface area contributed by atoms with Crippen LogP contribution in [0.1, 0.15) is 44.4 Å². The summed E-state index contributed by atoms with van der Waals surface area (Å²) in [4.78, 5) is 13.2. The van der Waals surface area contributed by atoms with Gasteiger partial charge < -0.3 is 20.4 Å². The highest BCUT2D eigenvalue weighted by Crippen LogP contribution is 2.52. The highest BCUT2D eigenvalue weighted by Gasteiger charge is 2.44. The van der Waals surface area contributed by atoms with Crippen molar-refractivity contribution in [3.8, 4) is 23.0 Å². The Labute approximate surface area is 168 Å². The SMILES string of the molecule is O=C1c2cc(O)cc(O)c2[C@H](c2cc(O)cc(O)c2)[C@H]1c1ccc(C(F)(F)F)cc1. The third kappa shape index (κ3) is 3.20. The topological polar surface area (TPSA) is 98.0 Å². The molecule has 4 N–H and O–H groups in total. The van der Waals surface area contributed by atoms with Crippen LogP contribution in [0.2, 0.25) is 0 Å². The van der Waals surface area contributed by atoms with Gasteiger partial charge in [0.25, 0.3) is 0 Å². The number of hydrogen-bond acceptors (Lipinski definition) is 5. The highest BCUT2D eigenvalue weighted by atomic mass is 19.4. The van der Waals surface area contributed by atoms with Crippen LogP contribution in [0.4, 0.5) is 13.2 Å². The first kappa shape index (κ1) is 19.6. The fourth-order valence-corrected chi connectivity index (χ4v) is 4.02. The fraction of sp³-hybridized carbons (Fsp3) is 0.136. The van der Waals surface area contributed by atoms with Crippen LogP contribution in [0.15, 0.2) is 54.6 Å². The maximum absolute atomic E-state index is 13.2. The molecule has 3 aromatic carbocycles. The van der Waals surface area contributed by atoms with E-state index in [-0.39, 0.29) is 45.3 Å². The molecule has 5 nitrogen and oxygen atoms in total. The van der Waals surface area contributed by atoms with E-state index < -0.39 is 29.4 Å². The molecule has 0 bridgehead atoms. The van der Waals surface area contributed by atoms with E-state index in [2.05, 4.69) is 0 Å². The monoisotopic (exact) mass is 416 g/mol. The number of carbonyl (C=O) groups excluding carboxylic acids is 1. The van der Waals surface area contributed by atoms with E-state index >= 15 is 0 Å². The Bertz CT molecular complexity index is 1130. The maximum Gasteiger partial charge on any atom is 0.416 e. The van der Waals surface area contributed by atoms with Crippen LogP contribution < -0.4 is 0 Å². The number of phenolic OH excluding ortho intramolecular Hbond substituents is 4. The minimum atomic E-state index is -4.54. The second-order valence-corrected chi connectivity index (χ2v) is 7.15. The maximum atomic E-state index is 13.2. The summed E-state index contributed by atoms with van der Waals surface area (Å²) in [5, 5.41) is 40.0. The molecule has 0 aliphatic heterocycles. The first-order chi connectivity index (χ1) is 14.1. The number of ketones is 1. The van der Waals surface area contributed by atoms with Gasteiger partial charge in [0, 0.05) is 29.2 Å². The standard InChI is InChI=1S/C22H15F3O5/c23-22(24,25)12-3-1-10(2-4-12)19-18(11-5-13(26)7-14(27)6-11)20-16(21(19)30)8-15(28)9-17(20)29/h1-9,18-19,26-29H/t18-,19-/m1/s1. The fourth-order valence-electron chi connectivity index (χ4n) is 4.02. The largest absolute Gasteiger partial charge is 0.508 e. The van der Waals surface area contributed by atoms with Crippen molar-refractivity contribution in [2.24, 2.45) is 0 Å². The molecule has 0 spiro atoms. The minimum Gasteiger partial charge on any atom is -0.508 e. The second-order valence-electron chi connectivity index (χ2n) is 7.15. The molecule has 3 aromatic rings.